The maximum Gasteiger partial charge on any atom is 0.322 e. The molecule has 1 aliphatic rings. The Kier molecular flexibility index (Phi) is 3.69. The molecule has 1 fully saturated rings. The molecule has 1 heterocycles. The van der Waals surface area contributed by atoms with E-state index in [1.807, 2.05) is 32.2 Å². The zero-order valence-electron chi connectivity index (χ0n) is 9.96. The van der Waals surface area contributed by atoms with Crippen LogP contribution in [0.3, 0.4) is 0 Å². The molecule has 1 aliphatic heterocycles. The highest BCUT2D eigenvalue weighted by molar-refractivity contribution is 9.10. The standard InChI is InChI=1S/C12H16BrN3O/c1-8-3-4-10(5-11(8)13)16-7-9(6-14-2)15-12(16)17/h3-5,9,14H,6-7H2,1-2H3,(H,15,17). The van der Waals surface area contributed by atoms with Crippen molar-refractivity contribution in [3.8, 4) is 0 Å². The Bertz CT molecular complexity index is 436. The first-order valence-corrected chi connectivity index (χ1v) is 6.40. The van der Waals surface area contributed by atoms with E-state index in [0.29, 0.717) is 6.54 Å². The molecule has 0 bridgehead atoms. The summed E-state index contributed by atoms with van der Waals surface area (Å²) in [6.07, 6.45) is 0. The number of anilines is 1. The van der Waals surface area contributed by atoms with Gasteiger partial charge in [0.25, 0.3) is 0 Å². The van der Waals surface area contributed by atoms with Gasteiger partial charge in [-0.15, -0.1) is 0 Å². The van der Waals surface area contributed by atoms with E-state index in [-0.39, 0.29) is 12.1 Å². The Morgan fingerprint density at radius 1 is 1.59 bits per heavy atom. The van der Waals surface area contributed by atoms with E-state index in [9.17, 15) is 4.79 Å². The largest absolute Gasteiger partial charge is 0.332 e. The number of nitrogens with zero attached hydrogens (tertiary/aromatic N) is 1. The molecule has 17 heavy (non-hydrogen) atoms. The molecule has 1 aromatic carbocycles. The number of hydrogen-bond acceptors (Lipinski definition) is 2. The van der Waals surface area contributed by atoms with E-state index in [0.717, 1.165) is 16.7 Å². The van der Waals surface area contributed by atoms with Gasteiger partial charge in [-0.2, -0.15) is 0 Å². The molecule has 0 saturated carbocycles. The van der Waals surface area contributed by atoms with Crippen LogP contribution in [0.2, 0.25) is 0 Å². The van der Waals surface area contributed by atoms with Crippen molar-refractivity contribution in [1.29, 1.82) is 0 Å². The van der Waals surface area contributed by atoms with Gasteiger partial charge in [-0.25, -0.2) is 4.79 Å². The van der Waals surface area contributed by atoms with E-state index in [1.165, 1.54) is 5.56 Å². The minimum Gasteiger partial charge on any atom is -0.332 e. The minimum absolute atomic E-state index is 0.0268. The van der Waals surface area contributed by atoms with Crippen molar-refractivity contribution in [2.75, 3.05) is 25.0 Å². The van der Waals surface area contributed by atoms with Crippen LogP contribution in [0.1, 0.15) is 5.56 Å². The van der Waals surface area contributed by atoms with E-state index in [1.54, 1.807) is 4.90 Å². The summed E-state index contributed by atoms with van der Waals surface area (Å²) in [5.74, 6) is 0. The molecule has 92 valence electrons. The molecule has 2 N–H and O–H groups in total. The second-order valence-electron chi connectivity index (χ2n) is 4.25. The van der Waals surface area contributed by atoms with Gasteiger partial charge >= 0.3 is 6.03 Å². The molecular weight excluding hydrogens is 282 g/mol. The van der Waals surface area contributed by atoms with Crippen molar-refractivity contribution in [3.05, 3.63) is 28.2 Å². The van der Waals surface area contributed by atoms with Gasteiger partial charge in [-0.1, -0.05) is 22.0 Å². The lowest BCUT2D eigenvalue weighted by atomic mass is 10.2. The number of carbonyl (C=O) groups excluding carboxylic acids is 1. The van der Waals surface area contributed by atoms with Crippen molar-refractivity contribution in [3.63, 3.8) is 0 Å². The van der Waals surface area contributed by atoms with E-state index < -0.39 is 0 Å². The number of likely N-dealkylation sites (N-methyl/N-ethyl adjacent to an activating group) is 1. The second-order valence-corrected chi connectivity index (χ2v) is 5.10. The van der Waals surface area contributed by atoms with Crippen LogP contribution in [-0.2, 0) is 0 Å². The van der Waals surface area contributed by atoms with Crippen molar-refractivity contribution in [2.24, 2.45) is 0 Å². The van der Waals surface area contributed by atoms with Crippen molar-refractivity contribution < 1.29 is 4.79 Å². The Morgan fingerprint density at radius 3 is 3.00 bits per heavy atom. The maximum atomic E-state index is 11.8. The summed E-state index contributed by atoms with van der Waals surface area (Å²) in [7, 11) is 1.89. The summed E-state index contributed by atoms with van der Waals surface area (Å²) in [6, 6.07) is 6.12. The fraction of sp³-hybridized carbons (Fsp3) is 0.417. The Hall–Kier alpha value is -1.07. The molecule has 4 nitrogen and oxygen atoms in total. The first-order chi connectivity index (χ1) is 8.11. The third-order valence-corrected chi connectivity index (χ3v) is 3.75. The summed E-state index contributed by atoms with van der Waals surface area (Å²) in [5.41, 5.74) is 2.10. The first kappa shape index (κ1) is 12.4. The molecule has 5 heteroatoms. The van der Waals surface area contributed by atoms with E-state index in [2.05, 4.69) is 26.6 Å². The number of nitrogens with one attached hydrogen (secondary N) is 2. The number of hydrogen-bond donors (Lipinski definition) is 2. The highest BCUT2D eigenvalue weighted by Gasteiger charge is 2.29. The van der Waals surface area contributed by atoms with Crippen LogP contribution in [-0.4, -0.2) is 32.2 Å². The SMILES string of the molecule is CNCC1CN(c2ccc(C)c(Br)c2)C(=O)N1. The molecule has 0 spiro atoms. The number of aryl methyl sites for hydroxylation is 1. The summed E-state index contributed by atoms with van der Waals surface area (Å²) in [5, 5.41) is 6.02. The molecule has 2 rings (SSSR count). The highest BCUT2D eigenvalue weighted by Crippen LogP contribution is 2.25. The van der Waals surface area contributed by atoms with Crippen LogP contribution in [0.25, 0.3) is 0 Å². The van der Waals surface area contributed by atoms with Crippen LogP contribution in [0.15, 0.2) is 22.7 Å². The van der Waals surface area contributed by atoms with Crippen molar-refractivity contribution in [1.82, 2.24) is 10.6 Å². The molecule has 1 unspecified atom stereocenters. The predicted molar refractivity (Wildman–Crippen MR) is 72.5 cm³/mol. The zero-order valence-corrected chi connectivity index (χ0v) is 11.5. The maximum absolute atomic E-state index is 11.8. The zero-order chi connectivity index (χ0) is 12.4. The fourth-order valence-electron chi connectivity index (χ4n) is 1.94. The van der Waals surface area contributed by atoms with Gasteiger partial charge in [0.1, 0.15) is 0 Å². The lowest BCUT2D eigenvalue weighted by Crippen LogP contribution is -2.35. The lowest BCUT2D eigenvalue weighted by molar-refractivity contribution is 0.251. The normalized spacial score (nSPS) is 19.6. The van der Waals surface area contributed by atoms with Crippen LogP contribution >= 0.6 is 15.9 Å². The summed E-state index contributed by atoms with van der Waals surface area (Å²) >= 11 is 3.49. The summed E-state index contributed by atoms with van der Waals surface area (Å²) in [4.78, 5) is 13.6. The predicted octanol–water partition coefficient (Wildman–Crippen LogP) is 1.88. The monoisotopic (exact) mass is 297 g/mol. The second kappa shape index (κ2) is 5.06. The van der Waals surface area contributed by atoms with Gasteiger partial charge in [-0.05, 0) is 31.7 Å². The van der Waals surface area contributed by atoms with E-state index >= 15 is 0 Å². The Balaban J connectivity index is 2.17. The van der Waals surface area contributed by atoms with Crippen LogP contribution < -0.4 is 15.5 Å². The molecule has 2 amide bonds. The van der Waals surface area contributed by atoms with Crippen LogP contribution in [0.5, 0.6) is 0 Å². The number of carbonyl (C=O) groups is 1. The number of amides is 2. The topological polar surface area (TPSA) is 44.4 Å². The molecule has 1 saturated heterocycles. The smallest absolute Gasteiger partial charge is 0.322 e. The molecule has 0 aliphatic carbocycles. The number of rotatable bonds is 3. The summed E-state index contributed by atoms with van der Waals surface area (Å²) in [6.45, 7) is 3.52. The Labute approximate surface area is 110 Å². The highest BCUT2D eigenvalue weighted by atomic mass is 79.9. The van der Waals surface area contributed by atoms with Gasteiger partial charge in [0.2, 0.25) is 0 Å². The minimum atomic E-state index is -0.0268. The van der Waals surface area contributed by atoms with Crippen LogP contribution in [0, 0.1) is 6.92 Å². The molecule has 1 aromatic rings. The van der Waals surface area contributed by atoms with Gasteiger partial charge in [0, 0.05) is 23.2 Å². The molecule has 0 radical (unpaired) electrons. The van der Waals surface area contributed by atoms with E-state index in [4.69, 9.17) is 0 Å². The van der Waals surface area contributed by atoms with Crippen molar-refractivity contribution >= 4 is 27.6 Å². The molecule has 0 aromatic heterocycles. The van der Waals surface area contributed by atoms with Gasteiger partial charge in [0.15, 0.2) is 0 Å². The lowest BCUT2D eigenvalue weighted by Gasteiger charge is -2.15. The van der Waals surface area contributed by atoms with Crippen LogP contribution in [0.4, 0.5) is 10.5 Å². The number of benzene rings is 1. The Morgan fingerprint density at radius 2 is 2.35 bits per heavy atom. The number of halogens is 1. The number of urea groups is 1. The van der Waals surface area contributed by atoms with Crippen molar-refractivity contribution in [2.45, 2.75) is 13.0 Å². The quantitative estimate of drug-likeness (QED) is 0.895. The summed E-state index contributed by atoms with van der Waals surface area (Å²) < 4.78 is 1.03. The fourth-order valence-corrected chi connectivity index (χ4v) is 2.30. The first-order valence-electron chi connectivity index (χ1n) is 5.60. The molecule has 1 atom stereocenters. The third-order valence-electron chi connectivity index (χ3n) is 2.89. The van der Waals surface area contributed by atoms with Gasteiger partial charge in [-0.3, -0.25) is 4.90 Å². The average Bonchev–Trinajstić information content (AvgIpc) is 2.64. The van der Waals surface area contributed by atoms with Gasteiger partial charge in [0.05, 0.1) is 6.04 Å². The molecular formula is C12H16BrN3O. The van der Waals surface area contributed by atoms with Gasteiger partial charge < -0.3 is 10.6 Å². The average molecular weight is 298 g/mol. The third kappa shape index (κ3) is 2.61.